The molecular formula is C80H144N6O23S4. The summed E-state index contributed by atoms with van der Waals surface area (Å²) in [5, 5.41) is 51.0. The van der Waals surface area contributed by atoms with E-state index >= 15 is 0 Å². The van der Waals surface area contributed by atoms with Crippen LogP contribution in [0, 0.1) is 11.8 Å². The number of nitrogens with zero attached hydrogens (tertiary/aromatic N) is 1. The van der Waals surface area contributed by atoms with Gasteiger partial charge in [-0.25, -0.2) is 5.90 Å². The highest BCUT2D eigenvalue weighted by molar-refractivity contribution is 8.01. The van der Waals surface area contributed by atoms with Crippen molar-refractivity contribution in [3.8, 4) is 0 Å². The second-order valence-electron chi connectivity index (χ2n) is 27.8. The molecular weight excluding hydrogens is 1540 g/mol. The third-order valence-corrected chi connectivity index (χ3v) is 19.9. The van der Waals surface area contributed by atoms with Gasteiger partial charge in [-0.05, 0) is 76.4 Å². The second kappa shape index (κ2) is 86.1. The molecule has 33 heteroatoms. The van der Waals surface area contributed by atoms with E-state index in [9.17, 15) is 72.5 Å². The molecule has 29 nitrogen and oxygen atoms in total. The molecule has 656 valence electrons. The number of carboxylic acids is 4. The Kier molecular flexibility index (Phi) is 85.2. The van der Waals surface area contributed by atoms with E-state index in [2.05, 4.69) is 31.3 Å². The van der Waals surface area contributed by atoms with Crippen LogP contribution in [-0.2, 0) is 91.0 Å². The van der Waals surface area contributed by atoms with E-state index in [1.54, 1.807) is 47.0 Å². The largest absolute Gasteiger partial charge is 0.481 e. The lowest BCUT2D eigenvalue weighted by Gasteiger charge is -2.12. The summed E-state index contributed by atoms with van der Waals surface area (Å²) in [6.45, 7) is 2.00. The van der Waals surface area contributed by atoms with Gasteiger partial charge in [-0.1, -0.05) is 159 Å². The number of nitrogens with two attached hydrogens (primary N) is 1. The van der Waals surface area contributed by atoms with Crippen LogP contribution in [0.2, 0.25) is 0 Å². The molecule has 0 aliphatic carbocycles. The lowest BCUT2D eigenvalue weighted by atomic mass is 9.94. The summed E-state index contributed by atoms with van der Waals surface area (Å²) in [5.74, 6) is 1.05. The van der Waals surface area contributed by atoms with Crippen LogP contribution in [-0.4, -0.2) is 243 Å². The number of aliphatic carboxylic acids is 4. The van der Waals surface area contributed by atoms with Crippen LogP contribution < -0.4 is 27.2 Å². The van der Waals surface area contributed by atoms with Crippen LogP contribution in [0.15, 0.2) is 5.16 Å². The number of carboxylic acid groups (broad SMARTS) is 4. The zero-order valence-electron chi connectivity index (χ0n) is 68.8. The molecule has 10 N–H and O–H groups in total. The third kappa shape index (κ3) is 87.4. The van der Waals surface area contributed by atoms with Crippen LogP contribution in [0.4, 0.5) is 0 Å². The Morgan fingerprint density at radius 2 is 0.602 bits per heavy atom. The minimum Gasteiger partial charge on any atom is -0.481 e. The van der Waals surface area contributed by atoms with E-state index in [0.717, 1.165) is 107 Å². The number of hydrogen-bond acceptors (Lipinski definition) is 25. The van der Waals surface area contributed by atoms with Gasteiger partial charge in [0.1, 0.15) is 31.4 Å². The number of unbranched alkanes of at least 4 members (excludes halogenated alkanes) is 26. The maximum Gasteiger partial charge on any atom is 0.306 e. The van der Waals surface area contributed by atoms with Gasteiger partial charge in [-0.2, -0.15) is 47.0 Å². The Hall–Kier alpha value is -5.26. The van der Waals surface area contributed by atoms with Crippen molar-refractivity contribution in [2.24, 2.45) is 22.9 Å². The molecule has 2 atom stereocenters. The third-order valence-electron chi connectivity index (χ3n) is 17.4. The first-order chi connectivity index (χ1) is 54.5. The standard InChI is InChI=1S/C40H71N3O11S2.C35H63N3O11.C5H10OS2/c1-55-31-34(32-56-2)43-54-30-38(47)41-23-17-19-36(45)29-53-27-26-52-25-24-42-37(46)22-21-33(40(50)51)28-35(44)18-15-13-11-9-7-5-3-4-6-8-10-12-14-16-20-39(48)49;36-49-28-33(42)37-21-15-17-31(40)27-48-25-24-47-23-22-38-32(41)20-19-29(35(45)46)26-30(39)16-13-11-9-7-5-3-1-2-4-6-8-10-12-14-18-34(43)44;1-7-3-5(6)4-8-2/h33H,3-32H2,1-2H3,(H,41,47)(H,42,46)(H,48,49)(H,50,51);29H,1-28,36H2,(H,37,42)(H,38,41)(H,43,44)(H,45,46);3-4H2,1-2H3/t33-;29-;/m11./s1. The smallest absolute Gasteiger partial charge is 0.306 e. The normalized spacial score (nSPS) is 11.4. The lowest BCUT2D eigenvalue weighted by Crippen LogP contribution is -2.30. The summed E-state index contributed by atoms with van der Waals surface area (Å²) in [5.41, 5.74) is 0.879. The fourth-order valence-electron chi connectivity index (χ4n) is 11.3. The number of oxime groups is 1. The number of ketones is 5. The van der Waals surface area contributed by atoms with Crippen LogP contribution >= 0.6 is 47.0 Å². The lowest BCUT2D eigenvalue weighted by molar-refractivity contribution is -0.144. The van der Waals surface area contributed by atoms with Crippen molar-refractivity contribution in [3.05, 3.63) is 0 Å². The molecule has 0 aromatic heterocycles. The molecule has 113 heavy (non-hydrogen) atoms. The van der Waals surface area contributed by atoms with Gasteiger partial charge in [-0.15, -0.1) is 0 Å². The van der Waals surface area contributed by atoms with E-state index in [1.165, 1.54) is 89.9 Å². The molecule has 0 rings (SSSR count). The second-order valence-corrected chi connectivity index (χ2v) is 31.3. The van der Waals surface area contributed by atoms with E-state index in [4.69, 9.17) is 39.9 Å². The number of carbonyl (C=O) groups excluding carboxylic acids is 9. The van der Waals surface area contributed by atoms with Gasteiger partial charge < -0.3 is 65.5 Å². The molecule has 0 unspecified atom stereocenters. The number of Topliss-reactive ketones (excluding diaryl/α,β-unsaturated/α-hetero) is 5. The first kappa shape index (κ1) is 112. The molecule has 0 spiro atoms. The van der Waals surface area contributed by atoms with Crippen LogP contribution in [0.25, 0.3) is 0 Å². The average Bonchev–Trinajstić information content (AvgIpc) is 0.934. The summed E-state index contributed by atoms with van der Waals surface area (Å²) in [6, 6.07) is 0. The van der Waals surface area contributed by atoms with Crippen LogP contribution in [0.1, 0.15) is 270 Å². The molecule has 0 aromatic carbocycles. The molecule has 0 saturated heterocycles. The number of nitrogens with one attached hydrogen (secondary N) is 4. The maximum atomic E-state index is 12.4. The van der Waals surface area contributed by atoms with E-state index in [1.807, 2.05) is 25.0 Å². The zero-order valence-corrected chi connectivity index (χ0v) is 72.1. The zero-order chi connectivity index (χ0) is 84.3. The Morgan fingerprint density at radius 1 is 0.310 bits per heavy atom. The fraction of sp³-hybridized carbons (Fsp3) is 0.825. The molecule has 0 aliphatic rings. The van der Waals surface area contributed by atoms with Crippen molar-refractivity contribution in [1.29, 1.82) is 0 Å². The maximum absolute atomic E-state index is 12.4. The highest BCUT2D eigenvalue weighted by atomic mass is 32.2. The molecule has 0 bridgehead atoms. The summed E-state index contributed by atoms with van der Waals surface area (Å²) in [4.78, 5) is 160. The number of thioether (sulfide) groups is 4. The van der Waals surface area contributed by atoms with Gasteiger partial charge in [0.15, 0.2) is 24.0 Å². The number of hydrogen-bond donors (Lipinski definition) is 9. The number of rotatable bonds is 83. The summed E-state index contributed by atoms with van der Waals surface area (Å²) in [6.07, 6.45) is 41.4. The number of amides is 4. The summed E-state index contributed by atoms with van der Waals surface area (Å²) in [7, 11) is 0. The molecule has 0 aromatic rings. The minimum absolute atomic E-state index is 0.00756. The first-order valence-electron chi connectivity index (χ1n) is 40.9. The van der Waals surface area contributed by atoms with Gasteiger partial charge in [0.2, 0.25) is 17.7 Å². The molecule has 0 fully saturated rings. The highest BCUT2D eigenvalue weighted by Crippen LogP contribution is 2.20. The minimum atomic E-state index is -1.07. The van der Waals surface area contributed by atoms with Gasteiger partial charge in [-0.3, -0.25) is 67.2 Å². The number of ether oxygens (including phenoxy) is 4. The van der Waals surface area contributed by atoms with Gasteiger partial charge >= 0.3 is 23.9 Å². The first-order valence-corrected chi connectivity index (χ1v) is 46.4. The summed E-state index contributed by atoms with van der Waals surface area (Å²) < 4.78 is 21.4. The van der Waals surface area contributed by atoms with Gasteiger partial charge in [0.25, 0.3) is 5.91 Å². The molecule has 0 aliphatic heterocycles. The van der Waals surface area contributed by atoms with Crippen molar-refractivity contribution in [2.45, 2.75) is 270 Å². The van der Waals surface area contributed by atoms with Crippen LogP contribution in [0.5, 0.6) is 0 Å². The molecule has 0 radical (unpaired) electrons. The highest BCUT2D eigenvalue weighted by Gasteiger charge is 2.24. The predicted molar refractivity (Wildman–Crippen MR) is 449 cm³/mol. The van der Waals surface area contributed by atoms with Crippen molar-refractivity contribution < 1.29 is 111 Å². The van der Waals surface area contributed by atoms with E-state index < -0.39 is 35.7 Å². The molecule has 4 amide bonds. The SMILES string of the molecule is CSCC(=O)CSC.CSCC(CSC)=NOCC(=O)NCCCC(=O)COCCOCCNC(=O)CC[C@H](CC(=O)CCCCCCCCCCCCCCCCC(=O)O)C(=O)O.NOCC(=O)NCCCC(=O)COCCOCCNC(=O)CC[C@H](CC(=O)CCCCCCCCCCCCCCCCC(=O)O)C(=O)O. The summed E-state index contributed by atoms with van der Waals surface area (Å²) >= 11 is 6.44. The monoisotopic (exact) mass is 1680 g/mol. The van der Waals surface area contributed by atoms with E-state index in [0.29, 0.717) is 56.1 Å². The Bertz CT molecular complexity index is 2510. The topological polar surface area (TPSA) is 445 Å². The Balaban J connectivity index is -0.00000196. The Labute approximate surface area is 690 Å². The molecule has 0 saturated carbocycles. The van der Waals surface area contributed by atoms with Crippen LogP contribution in [0.3, 0.4) is 0 Å². The van der Waals surface area contributed by atoms with Crippen molar-refractivity contribution in [3.63, 3.8) is 0 Å². The number of carbonyl (C=O) groups is 13. The van der Waals surface area contributed by atoms with Gasteiger partial charge in [0, 0.05) is 102 Å². The predicted octanol–water partition coefficient (Wildman–Crippen LogP) is 12.0. The van der Waals surface area contributed by atoms with E-state index in [-0.39, 0.29) is 190 Å². The average molecular weight is 1690 g/mol. The van der Waals surface area contributed by atoms with Crippen molar-refractivity contribution >= 4 is 129 Å². The van der Waals surface area contributed by atoms with Crippen molar-refractivity contribution in [2.75, 3.05) is 140 Å². The van der Waals surface area contributed by atoms with Gasteiger partial charge in [0.05, 0.1) is 68.7 Å². The quantitative estimate of drug-likeness (QED) is 0.0155. The van der Waals surface area contributed by atoms with Crippen molar-refractivity contribution in [1.82, 2.24) is 21.3 Å². The Morgan fingerprint density at radius 3 is 0.912 bits per heavy atom. The molecule has 0 heterocycles. The fourth-order valence-corrected chi connectivity index (χ4v) is 13.3.